The minimum absolute atomic E-state index is 0.235. The predicted octanol–water partition coefficient (Wildman–Crippen LogP) is 3.34. The Morgan fingerprint density at radius 3 is 2.40 bits per heavy atom. The van der Waals surface area contributed by atoms with Crippen molar-refractivity contribution in [3.8, 4) is 0 Å². The zero-order chi connectivity index (χ0) is 14.6. The van der Waals surface area contributed by atoms with Gasteiger partial charge < -0.3 is 10.6 Å². The van der Waals surface area contributed by atoms with Crippen molar-refractivity contribution in [2.24, 2.45) is 4.99 Å². The highest BCUT2D eigenvalue weighted by Crippen LogP contribution is 2.43. The first-order valence-electron chi connectivity index (χ1n) is 7.29. The minimum Gasteiger partial charge on any atom is -0.356 e. The van der Waals surface area contributed by atoms with E-state index in [4.69, 9.17) is 11.6 Å². The van der Waals surface area contributed by atoms with Gasteiger partial charge in [-0.15, -0.1) is 0 Å². The van der Waals surface area contributed by atoms with Crippen molar-refractivity contribution in [1.29, 1.82) is 0 Å². The second kappa shape index (κ2) is 6.49. The summed E-state index contributed by atoms with van der Waals surface area (Å²) in [5, 5.41) is 7.59. The second-order valence-electron chi connectivity index (χ2n) is 5.87. The first-order chi connectivity index (χ1) is 9.55. The van der Waals surface area contributed by atoms with Gasteiger partial charge in [-0.1, -0.05) is 30.2 Å². The molecule has 1 saturated carbocycles. The van der Waals surface area contributed by atoms with Crippen LogP contribution in [-0.4, -0.2) is 25.6 Å². The molecule has 0 spiro atoms. The number of guanidine groups is 1. The Balaban J connectivity index is 2.03. The number of benzene rings is 1. The van der Waals surface area contributed by atoms with E-state index in [9.17, 15) is 0 Å². The van der Waals surface area contributed by atoms with Crippen molar-refractivity contribution in [3.05, 3.63) is 34.9 Å². The van der Waals surface area contributed by atoms with Gasteiger partial charge in [0.25, 0.3) is 0 Å². The molecule has 2 N–H and O–H groups in total. The lowest BCUT2D eigenvalue weighted by molar-refractivity contribution is 0.243. The summed E-state index contributed by atoms with van der Waals surface area (Å²) in [4.78, 5) is 4.27. The molecule has 1 aromatic carbocycles. The average molecular weight is 294 g/mol. The fourth-order valence-electron chi connectivity index (χ4n) is 2.70. The molecule has 1 aliphatic rings. The van der Waals surface area contributed by atoms with E-state index in [1.807, 2.05) is 19.2 Å². The maximum atomic E-state index is 5.99. The molecule has 110 valence electrons. The van der Waals surface area contributed by atoms with Crippen LogP contribution in [0.3, 0.4) is 0 Å². The molecule has 0 amide bonds. The summed E-state index contributed by atoms with van der Waals surface area (Å²) >= 11 is 5.99. The third-order valence-electron chi connectivity index (χ3n) is 4.01. The van der Waals surface area contributed by atoms with Gasteiger partial charge in [0.15, 0.2) is 5.96 Å². The second-order valence-corrected chi connectivity index (χ2v) is 6.30. The van der Waals surface area contributed by atoms with Crippen molar-refractivity contribution in [2.45, 2.75) is 44.6 Å². The van der Waals surface area contributed by atoms with Crippen molar-refractivity contribution in [1.82, 2.24) is 10.6 Å². The molecule has 0 unspecified atom stereocenters. The SMILES string of the molecule is CN=C(NCC1(c2ccc(Cl)cc2)CCC1)NC(C)C. The molecule has 0 radical (unpaired) electrons. The first-order valence-corrected chi connectivity index (χ1v) is 7.67. The molecular weight excluding hydrogens is 270 g/mol. The third kappa shape index (κ3) is 3.45. The molecule has 1 fully saturated rings. The summed E-state index contributed by atoms with van der Waals surface area (Å²) < 4.78 is 0. The fraction of sp³-hybridized carbons (Fsp3) is 0.562. The number of nitrogens with one attached hydrogen (secondary N) is 2. The van der Waals surface area contributed by atoms with Crippen LogP contribution in [0.2, 0.25) is 5.02 Å². The zero-order valence-corrected chi connectivity index (χ0v) is 13.3. The van der Waals surface area contributed by atoms with Crippen molar-refractivity contribution in [3.63, 3.8) is 0 Å². The predicted molar refractivity (Wildman–Crippen MR) is 86.6 cm³/mol. The number of hydrogen-bond acceptors (Lipinski definition) is 1. The van der Waals surface area contributed by atoms with Gasteiger partial charge in [0, 0.05) is 30.1 Å². The minimum atomic E-state index is 0.235. The van der Waals surface area contributed by atoms with E-state index < -0.39 is 0 Å². The van der Waals surface area contributed by atoms with E-state index in [1.54, 1.807) is 0 Å². The third-order valence-corrected chi connectivity index (χ3v) is 4.26. The van der Waals surface area contributed by atoms with Gasteiger partial charge in [0.05, 0.1) is 0 Å². The van der Waals surface area contributed by atoms with Gasteiger partial charge in [-0.25, -0.2) is 0 Å². The van der Waals surface area contributed by atoms with Crippen molar-refractivity contribution >= 4 is 17.6 Å². The Morgan fingerprint density at radius 2 is 1.95 bits per heavy atom. The standard InChI is InChI=1S/C16H24ClN3/c1-12(2)20-15(18-3)19-11-16(9-4-10-16)13-5-7-14(17)8-6-13/h5-8,12H,4,9-11H2,1-3H3,(H2,18,19,20). The highest BCUT2D eigenvalue weighted by atomic mass is 35.5. The molecule has 0 bridgehead atoms. The lowest BCUT2D eigenvalue weighted by Gasteiger charge is -2.43. The lowest BCUT2D eigenvalue weighted by Crippen LogP contribution is -2.50. The molecule has 20 heavy (non-hydrogen) atoms. The number of nitrogens with zero attached hydrogens (tertiary/aromatic N) is 1. The van der Waals surface area contributed by atoms with Gasteiger partial charge in [-0.2, -0.15) is 0 Å². The summed E-state index contributed by atoms with van der Waals surface area (Å²) in [6, 6.07) is 8.66. The van der Waals surface area contributed by atoms with E-state index in [1.165, 1.54) is 24.8 Å². The first kappa shape index (κ1) is 15.2. The van der Waals surface area contributed by atoms with E-state index in [-0.39, 0.29) is 5.41 Å². The Morgan fingerprint density at radius 1 is 1.30 bits per heavy atom. The molecule has 0 aromatic heterocycles. The van der Waals surface area contributed by atoms with Crippen LogP contribution in [0.5, 0.6) is 0 Å². The summed E-state index contributed by atoms with van der Waals surface area (Å²) in [5.74, 6) is 0.875. The van der Waals surface area contributed by atoms with Gasteiger partial charge in [0.1, 0.15) is 0 Å². The van der Waals surface area contributed by atoms with Crippen LogP contribution in [0.15, 0.2) is 29.3 Å². The summed E-state index contributed by atoms with van der Waals surface area (Å²) in [6.07, 6.45) is 3.74. The van der Waals surface area contributed by atoms with Crippen LogP contribution in [0.4, 0.5) is 0 Å². The normalized spacial score (nSPS) is 17.8. The van der Waals surface area contributed by atoms with Crippen LogP contribution in [-0.2, 0) is 5.41 Å². The number of hydrogen-bond donors (Lipinski definition) is 2. The maximum absolute atomic E-state index is 5.99. The summed E-state index contributed by atoms with van der Waals surface area (Å²) in [7, 11) is 1.81. The van der Waals surface area contributed by atoms with Gasteiger partial charge in [0.2, 0.25) is 0 Å². The molecule has 2 rings (SSSR count). The van der Waals surface area contributed by atoms with Crippen LogP contribution in [0.25, 0.3) is 0 Å². The Kier molecular flexibility index (Phi) is 4.92. The molecule has 0 saturated heterocycles. The van der Waals surface area contributed by atoms with Crippen LogP contribution in [0, 0.1) is 0 Å². The number of aliphatic imine (C=N–C) groups is 1. The Hall–Kier alpha value is -1.22. The molecular formula is C16H24ClN3. The van der Waals surface area contributed by atoms with Crippen LogP contribution >= 0.6 is 11.6 Å². The van der Waals surface area contributed by atoms with Crippen molar-refractivity contribution in [2.75, 3.05) is 13.6 Å². The Bertz CT molecular complexity index is 461. The van der Waals surface area contributed by atoms with Crippen LogP contribution < -0.4 is 10.6 Å². The van der Waals surface area contributed by atoms with E-state index in [0.29, 0.717) is 6.04 Å². The Labute approximate surface area is 126 Å². The molecule has 1 aromatic rings. The zero-order valence-electron chi connectivity index (χ0n) is 12.5. The van der Waals surface area contributed by atoms with E-state index in [0.717, 1.165) is 17.5 Å². The van der Waals surface area contributed by atoms with Crippen LogP contribution in [0.1, 0.15) is 38.7 Å². The summed E-state index contributed by atoms with van der Waals surface area (Å²) in [5.41, 5.74) is 1.61. The lowest BCUT2D eigenvalue weighted by atomic mass is 9.64. The molecule has 4 heteroatoms. The van der Waals surface area contributed by atoms with Gasteiger partial charge in [-0.3, -0.25) is 4.99 Å². The van der Waals surface area contributed by atoms with E-state index in [2.05, 4.69) is 41.6 Å². The number of halogens is 1. The average Bonchev–Trinajstić information content (AvgIpc) is 2.37. The quantitative estimate of drug-likeness (QED) is 0.660. The smallest absolute Gasteiger partial charge is 0.191 e. The molecule has 0 atom stereocenters. The fourth-order valence-corrected chi connectivity index (χ4v) is 2.82. The molecule has 0 aliphatic heterocycles. The highest BCUT2D eigenvalue weighted by Gasteiger charge is 2.38. The molecule has 0 heterocycles. The van der Waals surface area contributed by atoms with Gasteiger partial charge in [-0.05, 0) is 44.4 Å². The maximum Gasteiger partial charge on any atom is 0.191 e. The largest absolute Gasteiger partial charge is 0.356 e. The molecule has 3 nitrogen and oxygen atoms in total. The monoisotopic (exact) mass is 293 g/mol. The highest BCUT2D eigenvalue weighted by molar-refractivity contribution is 6.30. The van der Waals surface area contributed by atoms with Gasteiger partial charge >= 0.3 is 0 Å². The topological polar surface area (TPSA) is 36.4 Å². The molecule has 1 aliphatic carbocycles. The van der Waals surface area contributed by atoms with Crippen molar-refractivity contribution < 1.29 is 0 Å². The van der Waals surface area contributed by atoms with E-state index >= 15 is 0 Å². The summed E-state index contributed by atoms with van der Waals surface area (Å²) in [6.45, 7) is 5.15. The number of rotatable bonds is 4.